The first-order chi connectivity index (χ1) is 9.45. The van der Waals surface area contributed by atoms with Crippen molar-refractivity contribution in [1.29, 1.82) is 0 Å². The third-order valence-corrected chi connectivity index (χ3v) is 4.23. The molecule has 1 heterocycles. The number of hydrogen-bond donors (Lipinski definition) is 3. The molecule has 1 aliphatic rings. The van der Waals surface area contributed by atoms with Crippen LogP contribution in [-0.4, -0.2) is 65.1 Å². The second-order valence-corrected chi connectivity index (χ2v) is 5.94. The van der Waals surface area contributed by atoms with Crippen molar-refractivity contribution in [3.05, 3.63) is 0 Å². The summed E-state index contributed by atoms with van der Waals surface area (Å²) in [5.41, 5.74) is 0. The van der Waals surface area contributed by atoms with E-state index in [2.05, 4.69) is 17.6 Å². The minimum Gasteiger partial charge on any atom is -0.481 e. The molecular weight excluding hydrogens is 282 g/mol. The number of nitrogens with zero attached hydrogens (tertiary/aromatic N) is 1. The Labute approximate surface area is 122 Å². The van der Waals surface area contributed by atoms with E-state index in [1.807, 2.05) is 6.26 Å². The van der Waals surface area contributed by atoms with Crippen LogP contribution in [0, 0.1) is 0 Å². The highest BCUT2D eigenvalue weighted by molar-refractivity contribution is 7.99. The van der Waals surface area contributed by atoms with Gasteiger partial charge in [-0.25, -0.2) is 4.79 Å². The second-order valence-electron chi connectivity index (χ2n) is 4.67. The zero-order chi connectivity index (χ0) is 15.1. The lowest BCUT2D eigenvalue weighted by atomic mass is 10.1. The fourth-order valence-corrected chi connectivity index (χ4v) is 2.28. The van der Waals surface area contributed by atoms with E-state index in [1.165, 1.54) is 4.90 Å². The summed E-state index contributed by atoms with van der Waals surface area (Å²) in [6.07, 6.45) is 2.46. The number of urea groups is 1. The van der Waals surface area contributed by atoms with Gasteiger partial charge in [0.1, 0.15) is 6.04 Å². The highest BCUT2D eigenvalue weighted by atomic mass is 32.2. The van der Waals surface area contributed by atoms with Gasteiger partial charge in [0.05, 0.1) is 6.42 Å². The summed E-state index contributed by atoms with van der Waals surface area (Å²) in [6, 6.07) is -1.31. The molecule has 1 saturated heterocycles. The first-order valence-electron chi connectivity index (χ1n) is 6.52. The highest BCUT2D eigenvalue weighted by Crippen LogP contribution is 2.11. The predicted molar refractivity (Wildman–Crippen MR) is 76.7 cm³/mol. The van der Waals surface area contributed by atoms with E-state index in [0.717, 1.165) is 6.42 Å². The molecule has 2 atom stereocenters. The molecule has 0 radical (unpaired) electrons. The number of thioether (sulfide) groups is 1. The Morgan fingerprint density at radius 2 is 2.30 bits per heavy atom. The molecule has 3 N–H and O–H groups in total. The van der Waals surface area contributed by atoms with Gasteiger partial charge in [-0.1, -0.05) is 6.92 Å². The smallest absolute Gasteiger partial charge is 0.318 e. The summed E-state index contributed by atoms with van der Waals surface area (Å²) in [6.45, 7) is 3.26. The maximum Gasteiger partial charge on any atom is 0.318 e. The van der Waals surface area contributed by atoms with Crippen molar-refractivity contribution in [1.82, 2.24) is 15.5 Å². The number of amides is 3. The van der Waals surface area contributed by atoms with Gasteiger partial charge in [-0.05, 0) is 12.7 Å². The van der Waals surface area contributed by atoms with Crippen LogP contribution in [0.15, 0.2) is 0 Å². The van der Waals surface area contributed by atoms with Crippen molar-refractivity contribution >= 4 is 29.7 Å². The SMILES string of the molecule is CSC(C)CCNC(=O)N1CCNC(=O)C1CC(=O)O. The van der Waals surface area contributed by atoms with E-state index in [9.17, 15) is 14.4 Å². The molecular formula is C12H21N3O4S. The Morgan fingerprint density at radius 3 is 2.90 bits per heavy atom. The van der Waals surface area contributed by atoms with Crippen molar-refractivity contribution in [2.75, 3.05) is 25.9 Å². The van der Waals surface area contributed by atoms with E-state index in [0.29, 0.717) is 24.9 Å². The van der Waals surface area contributed by atoms with Gasteiger partial charge in [-0.2, -0.15) is 11.8 Å². The first-order valence-corrected chi connectivity index (χ1v) is 7.81. The summed E-state index contributed by atoms with van der Waals surface area (Å²) in [5.74, 6) is -1.51. The molecule has 0 saturated carbocycles. The molecule has 0 spiro atoms. The van der Waals surface area contributed by atoms with Gasteiger partial charge in [-0.3, -0.25) is 9.59 Å². The van der Waals surface area contributed by atoms with Crippen molar-refractivity contribution in [2.24, 2.45) is 0 Å². The molecule has 20 heavy (non-hydrogen) atoms. The van der Waals surface area contributed by atoms with E-state index in [-0.39, 0.29) is 12.5 Å². The van der Waals surface area contributed by atoms with Crippen molar-refractivity contribution in [3.63, 3.8) is 0 Å². The fourth-order valence-electron chi connectivity index (χ4n) is 1.93. The van der Waals surface area contributed by atoms with Gasteiger partial charge in [0, 0.05) is 24.9 Å². The maximum absolute atomic E-state index is 12.0. The van der Waals surface area contributed by atoms with E-state index in [4.69, 9.17) is 5.11 Å². The molecule has 1 fully saturated rings. The lowest BCUT2D eigenvalue weighted by Crippen LogP contribution is -2.60. The molecule has 114 valence electrons. The molecule has 0 aliphatic carbocycles. The van der Waals surface area contributed by atoms with Crippen molar-refractivity contribution in [2.45, 2.75) is 31.1 Å². The number of hydrogen-bond acceptors (Lipinski definition) is 4. The van der Waals surface area contributed by atoms with E-state index >= 15 is 0 Å². The molecule has 0 aromatic rings. The Hall–Kier alpha value is -1.44. The van der Waals surface area contributed by atoms with Gasteiger partial charge in [0.15, 0.2) is 0 Å². The van der Waals surface area contributed by atoms with Gasteiger partial charge < -0.3 is 20.6 Å². The van der Waals surface area contributed by atoms with Gasteiger partial charge in [0.2, 0.25) is 5.91 Å². The van der Waals surface area contributed by atoms with Crippen LogP contribution in [0.1, 0.15) is 19.8 Å². The zero-order valence-corrected chi connectivity index (χ0v) is 12.5. The van der Waals surface area contributed by atoms with E-state index < -0.39 is 17.9 Å². The Balaban J connectivity index is 2.54. The number of rotatable bonds is 6. The maximum atomic E-state index is 12.0. The average Bonchev–Trinajstić information content (AvgIpc) is 2.40. The lowest BCUT2D eigenvalue weighted by molar-refractivity contribution is -0.142. The first kappa shape index (κ1) is 16.6. The number of carbonyl (C=O) groups excluding carboxylic acids is 2. The highest BCUT2D eigenvalue weighted by Gasteiger charge is 2.34. The summed E-state index contributed by atoms with van der Waals surface area (Å²) in [5, 5.41) is 14.6. The van der Waals surface area contributed by atoms with E-state index in [1.54, 1.807) is 11.8 Å². The minimum atomic E-state index is -1.10. The van der Waals surface area contributed by atoms with Crippen LogP contribution in [0.25, 0.3) is 0 Å². The predicted octanol–water partition coefficient (Wildman–Crippen LogP) is 0.113. The number of carboxylic acid groups (broad SMARTS) is 1. The monoisotopic (exact) mass is 303 g/mol. The number of piperazine rings is 1. The summed E-state index contributed by atoms with van der Waals surface area (Å²) >= 11 is 1.71. The number of aliphatic carboxylic acids is 1. The van der Waals surface area contributed by atoms with Gasteiger partial charge in [-0.15, -0.1) is 0 Å². The number of carboxylic acids is 1. The van der Waals surface area contributed by atoms with Crippen LogP contribution < -0.4 is 10.6 Å². The zero-order valence-electron chi connectivity index (χ0n) is 11.7. The lowest BCUT2D eigenvalue weighted by Gasteiger charge is -2.34. The van der Waals surface area contributed by atoms with Crippen LogP contribution >= 0.6 is 11.8 Å². The van der Waals surface area contributed by atoms with Crippen LogP contribution in [0.2, 0.25) is 0 Å². The van der Waals surface area contributed by atoms with Gasteiger partial charge >= 0.3 is 12.0 Å². The molecule has 8 heteroatoms. The van der Waals surface area contributed by atoms with Crippen LogP contribution in [-0.2, 0) is 9.59 Å². The average molecular weight is 303 g/mol. The third-order valence-electron chi connectivity index (χ3n) is 3.19. The molecule has 2 unspecified atom stereocenters. The van der Waals surface area contributed by atoms with Crippen LogP contribution in [0.4, 0.5) is 4.79 Å². The molecule has 0 bridgehead atoms. The quantitative estimate of drug-likeness (QED) is 0.647. The van der Waals surface area contributed by atoms with Crippen LogP contribution in [0.5, 0.6) is 0 Å². The van der Waals surface area contributed by atoms with Crippen LogP contribution in [0.3, 0.4) is 0 Å². The summed E-state index contributed by atoms with van der Waals surface area (Å²) in [4.78, 5) is 35.8. The summed E-state index contributed by atoms with van der Waals surface area (Å²) in [7, 11) is 0. The Morgan fingerprint density at radius 1 is 1.60 bits per heavy atom. The Kier molecular flexibility index (Phi) is 6.63. The topological polar surface area (TPSA) is 98.7 Å². The summed E-state index contributed by atoms with van der Waals surface area (Å²) < 4.78 is 0. The van der Waals surface area contributed by atoms with Crippen molar-refractivity contribution < 1.29 is 19.5 Å². The molecule has 3 amide bonds. The number of nitrogens with one attached hydrogen (secondary N) is 2. The molecule has 1 aliphatic heterocycles. The van der Waals surface area contributed by atoms with Gasteiger partial charge in [0.25, 0.3) is 0 Å². The fraction of sp³-hybridized carbons (Fsp3) is 0.750. The number of carbonyl (C=O) groups is 3. The largest absolute Gasteiger partial charge is 0.481 e. The normalized spacial score (nSPS) is 20.2. The van der Waals surface area contributed by atoms with Crippen molar-refractivity contribution in [3.8, 4) is 0 Å². The minimum absolute atomic E-state index is 0.327. The molecule has 0 aromatic heterocycles. The molecule has 0 aromatic carbocycles. The third kappa shape index (κ3) is 4.92. The molecule has 1 rings (SSSR count). The standard InChI is InChI=1S/C12H21N3O4S/c1-8(20-2)3-4-14-12(19)15-6-5-13-11(18)9(15)7-10(16)17/h8-9H,3-7H2,1-2H3,(H,13,18)(H,14,19)(H,16,17). The molecule has 7 nitrogen and oxygen atoms in total. The second kappa shape index (κ2) is 7.98. The Bertz CT molecular complexity index is 378.